The quantitative estimate of drug-likeness (QED) is 0.491. The molecule has 0 saturated carbocycles. The standard InChI is InChI=1S/C26H34ClN5O2.3ClH/c1-17-22(28-18(2)24(17)26(34)31-13-11-30(5)12-14-31)16-21-20-15-19(27)7-8-23(20)32(25(21)33)10-6-9-29(3)4;;;/h7-8,15-16,28H,6,9-14H2,1-5H3;3*1H/b21-16-;;;. The molecule has 7 nitrogen and oxygen atoms in total. The molecule has 0 radical (unpaired) electrons. The second-order valence-electron chi connectivity index (χ2n) is 9.59. The lowest BCUT2D eigenvalue weighted by Crippen LogP contribution is -2.47. The Kier molecular flexibility index (Phi) is 12.5. The number of nitrogens with zero attached hydrogens (tertiary/aromatic N) is 4. The number of rotatable bonds is 6. The number of anilines is 1. The van der Waals surface area contributed by atoms with Gasteiger partial charge in [-0.05, 0) is 77.8 Å². The van der Waals surface area contributed by atoms with Crippen LogP contribution in [0, 0.1) is 13.8 Å². The average Bonchev–Trinajstić information content (AvgIpc) is 3.21. The Hall–Kier alpha value is -1.74. The van der Waals surface area contributed by atoms with E-state index in [0.29, 0.717) is 22.7 Å². The molecule has 2 aliphatic heterocycles. The molecule has 2 aromatic rings. The number of aromatic nitrogens is 1. The van der Waals surface area contributed by atoms with Gasteiger partial charge in [-0.15, -0.1) is 37.2 Å². The van der Waals surface area contributed by atoms with Crippen molar-refractivity contribution < 1.29 is 9.59 Å². The predicted molar refractivity (Wildman–Crippen MR) is 160 cm³/mol. The van der Waals surface area contributed by atoms with Gasteiger partial charge >= 0.3 is 0 Å². The summed E-state index contributed by atoms with van der Waals surface area (Å²) in [6.07, 6.45) is 2.75. The van der Waals surface area contributed by atoms with Gasteiger partial charge in [-0.2, -0.15) is 0 Å². The Labute approximate surface area is 243 Å². The summed E-state index contributed by atoms with van der Waals surface area (Å²) >= 11 is 6.31. The molecule has 1 saturated heterocycles. The molecule has 2 amide bonds. The number of aromatic amines is 1. The van der Waals surface area contributed by atoms with E-state index >= 15 is 0 Å². The van der Waals surface area contributed by atoms with Crippen LogP contribution >= 0.6 is 48.8 Å². The van der Waals surface area contributed by atoms with E-state index in [1.807, 2.05) is 62.0 Å². The van der Waals surface area contributed by atoms with Crippen molar-refractivity contribution in [3.63, 3.8) is 0 Å². The SMILES string of the molecule is Cc1[nH]c(/C=C2\C(=O)N(CCCN(C)C)c3ccc(Cl)cc32)c(C)c1C(=O)N1CCN(C)CC1.Cl.Cl.Cl. The van der Waals surface area contributed by atoms with Crippen molar-refractivity contribution >= 4 is 78.0 Å². The van der Waals surface area contributed by atoms with Crippen LogP contribution in [0.5, 0.6) is 0 Å². The molecular formula is C26H37Cl4N5O2. The summed E-state index contributed by atoms with van der Waals surface area (Å²) in [5, 5.41) is 0.595. The molecule has 11 heteroatoms. The van der Waals surface area contributed by atoms with Crippen molar-refractivity contribution in [2.45, 2.75) is 20.3 Å². The molecule has 0 spiro atoms. The molecule has 37 heavy (non-hydrogen) atoms. The number of hydrogen-bond acceptors (Lipinski definition) is 4. The largest absolute Gasteiger partial charge is 0.358 e. The number of hydrogen-bond donors (Lipinski definition) is 1. The molecule has 1 aromatic heterocycles. The van der Waals surface area contributed by atoms with E-state index in [0.717, 1.165) is 67.3 Å². The number of halogens is 4. The van der Waals surface area contributed by atoms with Gasteiger partial charge in [-0.1, -0.05) is 11.6 Å². The number of benzene rings is 1. The molecule has 206 valence electrons. The zero-order valence-electron chi connectivity index (χ0n) is 22.0. The number of nitrogens with one attached hydrogen (secondary N) is 1. The number of carbonyl (C=O) groups is 2. The molecule has 1 N–H and O–H groups in total. The normalized spacial score (nSPS) is 16.4. The lowest BCUT2D eigenvalue weighted by molar-refractivity contribution is -0.113. The fraction of sp³-hybridized carbons (Fsp3) is 0.462. The van der Waals surface area contributed by atoms with E-state index in [4.69, 9.17) is 11.6 Å². The second kappa shape index (κ2) is 13.9. The minimum absolute atomic E-state index is 0. The first-order valence-corrected chi connectivity index (χ1v) is 12.2. The third-order valence-electron chi connectivity index (χ3n) is 6.77. The summed E-state index contributed by atoms with van der Waals surface area (Å²) in [7, 11) is 6.13. The van der Waals surface area contributed by atoms with Gasteiger partial charge in [0.05, 0.1) is 16.8 Å². The van der Waals surface area contributed by atoms with Gasteiger partial charge in [0.15, 0.2) is 0 Å². The molecule has 1 fully saturated rings. The minimum atomic E-state index is -0.0328. The van der Waals surface area contributed by atoms with Gasteiger partial charge in [-0.25, -0.2) is 0 Å². The Bertz CT molecular complexity index is 1140. The van der Waals surface area contributed by atoms with Crippen LogP contribution in [-0.4, -0.2) is 91.9 Å². The fourth-order valence-corrected chi connectivity index (χ4v) is 4.96. The first-order valence-electron chi connectivity index (χ1n) is 11.8. The Morgan fingerprint density at radius 3 is 2.38 bits per heavy atom. The Balaban J connectivity index is 0.00000228. The van der Waals surface area contributed by atoms with E-state index < -0.39 is 0 Å². The van der Waals surface area contributed by atoms with Crippen LogP contribution in [-0.2, 0) is 4.79 Å². The van der Waals surface area contributed by atoms with Crippen LogP contribution in [0.4, 0.5) is 5.69 Å². The number of aryl methyl sites for hydroxylation is 1. The first kappa shape index (κ1) is 33.3. The molecule has 3 heterocycles. The summed E-state index contributed by atoms with van der Waals surface area (Å²) in [6.45, 7) is 8.61. The molecule has 1 aromatic carbocycles. The maximum atomic E-state index is 13.5. The summed E-state index contributed by atoms with van der Waals surface area (Å²) in [5.74, 6) is 0.0186. The number of piperazine rings is 1. The first-order chi connectivity index (χ1) is 16.2. The Morgan fingerprint density at radius 2 is 1.76 bits per heavy atom. The van der Waals surface area contributed by atoms with Crippen LogP contribution in [0.25, 0.3) is 11.6 Å². The third kappa shape index (κ3) is 7.02. The van der Waals surface area contributed by atoms with Crippen LogP contribution in [0.2, 0.25) is 5.02 Å². The minimum Gasteiger partial charge on any atom is -0.358 e. The smallest absolute Gasteiger partial charge is 0.259 e. The molecule has 0 aliphatic carbocycles. The fourth-order valence-electron chi connectivity index (χ4n) is 4.79. The van der Waals surface area contributed by atoms with E-state index in [-0.39, 0.29) is 49.0 Å². The molecular weight excluding hydrogens is 556 g/mol. The molecule has 0 atom stereocenters. The van der Waals surface area contributed by atoms with Crippen LogP contribution in [0.15, 0.2) is 18.2 Å². The van der Waals surface area contributed by atoms with E-state index in [1.165, 1.54) is 0 Å². The highest BCUT2D eigenvalue weighted by atomic mass is 35.5. The monoisotopic (exact) mass is 591 g/mol. The average molecular weight is 593 g/mol. The Morgan fingerprint density at radius 1 is 1.11 bits per heavy atom. The van der Waals surface area contributed by atoms with Gasteiger partial charge in [-0.3, -0.25) is 9.59 Å². The lowest BCUT2D eigenvalue weighted by Gasteiger charge is -2.32. The molecule has 2 aliphatic rings. The summed E-state index contributed by atoms with van der Waals surface area (Å²) in [6, 6.07) is 5.60. The van der Waals surface area contributed by atoms with Crippen molar-refractivity contribution in [3.8, 4) is 0 Å². The van der Waals surface area contributed by atoms with Crippen LogP contribution < -0.4 is 4.90 Å². The van der Waals surface area contributed by atoms with Crippen molar-refractivity contribution in [1.29, 1.82) is 0 Å². The number of fused-ring (bicyclic) bond motifs is 1. The molecule has 0 unspecified atom stereocenters. The van der Waals surface area contributed by atoms with Gasteiger partial charge in [0, 0.05) is 54.7 Å². The summed E-state index contributed by atoms with van der Waals surface area (Å²) < 4.78 is 0. The van der Waals surface area contributed by atoms with Gasteiger partial charge < -0.3 is 24.6 Å². The second-order valence-corrected chi connectivity index (χ2v) is 10.0. The van der Waals surface area contributed by atoms with Crippen molar-refractivity contribution in [2.75, 3.05) is 65.3 Å². The van der Waals surface area contributed by atoms with Crippen molar-refractivity contribution in [1.82, 2.24) is 19.7 Å². The number of amides is 2. The summed E-state index contributed by atoms with van der Waals surface area (Å²) in [5.41, 5.74) is 5.51. The highest BCUT2D eigenvalue weighted by molar-refractivity contribution is 6.37. The lowest BCUT2D eigenvalue weighted by atomic mass is 10.0. The van der Waals surface area contributed by atoms with E-state index in [9.17, 15) is 9.59 Å². The highest BCUT2D eigenvalue weighted by Crippen LogP contribution is 2.40. The van der Waals surface area contributed by atoms with Crippen LogP contribution in [0.1, 0.15) is 39.3 Å². The van der Waals surface area contributed by atoms with Crippen molar-refractivity contribution in [2.24, 2.45) is 0 Å². The van der Waals surface area contributed by atoms with E-state index in [1.54, 1.807) is 0 Å². The topological polar surface area (TPSA) is 62.9 Å². The maximum absolute atomic E-state index is 13.5. The zero-order valence-corrected chi connectivity index (χ0v) is 25.2. The number of likely N-dealkylation sites (N-methyl/N-ethyl adjacent to an activating group) is 1. The van der Waals surface area contributed by atoms with Gasteiger partial charge in [0.2, 0.25) is 0 Å². The van der Waals surface area contributed by atoms with Crippen molar-refractivity contribution in [3.05, 3.63) is 51.3 Å². The zero-order chi connectivity index (χ0) is 24.6. The molecule has 0 bridgehead atoms. The van der Waals surface area contributed by atoms with Gasteiger partial charge in [0.25, 0.3) is 11.8 Å². The van der Waals surface area contributed by atoms with Crippen LogP contribution in [0.3, 0.4) is 0 Å². The van der Waals surface area contributed by atoms with Gasteiger partial charge in [0.1, 0.15) is 0 Å². The third-order valence-corrected chi connectivity index (χ3v) is 7.01. The molecule has 4 rings (SSSR count). The van der Waals surface area contributed by atoms with E-state index in [2.05, 4.69) is 21.8 Å². The number of carbonyl (C=O) groups excluding carboxylic acids is 2. The summed E-state index contributed by atoms with van der Waals surface area (Å²) in [4.78, 5) is 38.2. The highest BCUT2D eigenvalue weighted by Gasteiger charge is 2.33. The predicted octanol–water partition coefficient (Wildman–Crippen LogP) is 4.78. The maximum Gasteiger partial charge on any atom is 0.259 e. The number of H-pyrrole nitrogens is 1.